The number of halogens is 2. The first-order chi connectivity index (χ1) is 9.60. The fourth-order valence-electron chi connectivity index (χ4n) is 1.66. The minimum Gasteiger partial charge on any atom is -0.488 e. The molecule has 0 saturated carbocycles. The average Bonchev–Trinajstić information content (AvgIpc) is 2.45. The van der Waals surface area contributed by atoms with E-state index in [2.05, 4.69) is 10.1 Å². The molecule has 6 heteroatoms. The number of ether oxygens (including phenoxy) is 1. The van der Waals surface area contributed by atoms with Gasteiger partial charge in [0.15, 0.2) is 0 Å². The second-order valence-corrected chi connectivity index (χ2v) is 4.13. The van der Waals surface area contributed by atoms with Crippen LogP contribution in [0.25, 0.3) is 0 Å². The molecule has 0 amide bonds. The molecule has 0 aliphatic carbocycles. The lowest BCUT2D eigenvalue weighted by Crippen LogP contribution is -2.03. The van der Waals surface area contributed by atoms with Crippen LogP contribution in [0.4, 0.5) is 8.78 Å². The third-order valence-corrected chi connectivity index (χ3v) is 2.64. The van der Waals surface area contributed by atoms with Crippen molar-refractivity contribution in [1.29, 1.82) is 0 Å². The number of rotatable bonds is 4. The van der Waals surface area contributed by atoms with Crippen molar-refractivity contribution in [3.05, 3.63) is 59.4 Å². The van der Waals surface area contributed by atoms with Crippen LogP contribution >= 0.6 is 0 Å². The summed E-state index contributed by atoms with van der Waals surface area (Å²) in [5, 5.41) is 11.8. The molecular weight excluding hydrogens is 266 g/mol. The van der Waals surface area contributed by atoms with Crippen molar-refractivity contribution >= 4 is 5.71 Å². The predicted octanol–water partition coefficient (Wildman–Crippen LogP) is 3.14. The largest absolute Gasteiger partial charge is 0.488 e. The van der Waals surface area contributed by atoms with Crippen LogP contribution in [-0.2, 0) is 6.61 Å². The van der Waals surface area contributed by atoms with E-state index >= 15 is 0 Å². The molecule has 4 nitrogen and oxygen atoms in total. The summed E-state index contributed by atoms with van der Waals surface area (Å²) in [6.45, 7) is 1.59. The SMILES string of the molecule is C/C(=N/O)c1cc(F)ccc1OCc1cncc(F)c1. The number of benzene rings is 1. The Morgan fingerprint density at radius 3 is 2.75 bits per heavy atom. The second kappa shape index (κ2) is 6.10. The highest BCUT2D eigenvalue weighted by Crippen LogP contribution is 2.22. The molecule has 104 valence electrons. The van der Waals surface area contributed by atoms with Crippen molar-refractivity contribution in [2.24, 2.45) is 5.16 Å². The standard InChI is InChI=1S/C14H12F2N2O2/c1-9(18-19)13-5-11(15)2-3-14(13)20-8-10-4-12(16)7-17-6-10/h2-7,19H,8H2,1H3/b18-9-. The molecule has 0 atom stereocenters. The maximum absolute atomic E-state index is 13.2. The topological polar surface area (TPSA) is 54.7 Å². The first-order valence-electron chi connectivity index (χ1n) is 5.81. The van der Waals surface area contributed by atoms with Crippen LogP contribution in [0.1, 0.15) is 18.1 Å². The zero-order valence-corrected chi connectivity index (χ0v) is 10.7. The molecule has 0 bridgehead atoms. The van der Waals surface area contributed by atoms with Gasteiger partial charge in [0.1, 0.15) is 24.0 Å². The van der Waals surface area contributed by atoms with Crippen LogP contribution in [0.5, 0.6) is 5.75 Å². The molecule has 1 aromatic heterocycles. The molecule has 0 spiro atoms. The minimum absolute atomic E-state index is 0.0715. The molecule has 1 aromatic carbocycles. The maximum atomic E-state index is 13.2. The van der Waals surface area contributed by atoms with E-state index in [9.17, 15) is 8.78 Å². The zero-order chi connectivity index (χ0) is 14.5. The first kappa shape index (κ1) is 13.9. The Bertz CT molecular complexity index is 645. The van der Waals surface area contributed by atoms with E-state index in [0.717, 1.165) is 6.20 Å². The van der Waals surface area contributed by atoms with Gasteiger partial charge in [0.05, 0.1) is 11.9 Å². The molecule has 1 N–H and O–H groups in total. The number of nitrogens with zero attached hydrogens (tertiary/aromatic N) is 2. The fraction of sp³-hybridized carbons (Fsp3) is 0.143. The van der Waals surface area contributed by atoms with E-state index in [1.54, 1.807) is 0 Å². The summed E-state index contributed by atoms with van der Waals surface area (Å²) >= 11 is 0. The van der Waals surface area contributed by atoms with Gasteiger partial charge in [-0.1, -0.05) is 5.16 Å². The van der Waals surface area contributed by atoms with E-state index in [1.165, 1.54) is 37.4 Å². The second-order valence-electron chi connectivity index (χ2n) is 4.13. The highest BCUT2D eigenvalue weighted by Gasteiger charge is 2.09. The molecular formula is C14H12F2N2O2. The van der Waals surface area contributed by atoms with E-state index < -0.39 is 11.6 Å². The lowest BCUT2D eigenvalue weighted by Gasteiger charge is -2.11. The van der Waals surface area contributed by atoms with E-state index in [0.29, 0.717) is 16.9 Å². The minimum atomic E-state index is -0.470. The van der Waals surface area contributed by atoms with Gasteiger partial charge in [-0.3, -0.25) is 4.98 Å². The van der Waals surface area contributed by atoms with Gasteiger partial charge in [0.2, 0.25) is 0 Å². The molecule has 0 radical (unpaired) electrons. The van der Waals surface area contributed by atoms with Gasteiger partial charge in [-0.05, 0) is 31.2 Å². The van der Waals surface area contributed by atoms with E-state index in [4.69, 9.17) is 9.94 Å². The van der Waals surface area contributed by atoms with Crippen LogP contribution in [-0.4, -0.2) is 15.9 Å². The summed E-state index contributed by atoms with van der Waals surface area (Å²) in [4.78, 5) is 3.71. The Morgan fingerprint density at radius 1 is 1.25 bits per heavy atom. The Morgan fingerprint density at radius 2 is 2.05 bits per heavy atom. The van der Waals surface area contributed by atoms with Gasteiger partial charge in [0, 0.05) is 17.3 Å². The fourth-order valence-corrected chi connectivity index (χ4v) is 1.66. The van der Waals surface area contributed by atoms with Crippen molar-refractivity contribution < 1.29 is 18.7 Å². The Kier molecular flexibility index (Phi) is 4.24. The number of aromatic nitrogens is 1. The highest BCUT2D eigenvalue weighted by molar-refractivity contribution is 6.00. The van der Waals surface area contributed by atoms with Crippen molar-refractivity contribution in [2.75, 3.05) is 0 Å². The van der Waals surface area contributed by atoms with Crippen molar-refractivity contribution in [3.8, 4) is 5.75 Å². The monoisotopic (exact) mass is 278 g/mol. The van der Waals surface area contributed by atoms with Crippen LogP contribution in [0.15, 0.2) is 41.8 Å². The Hall–Kier alpha value is -2.50. The van der Waals surface area contributed by atoms with E-state index in [1.807, 2.05) is 0 Å². The Labute approximate surface area is 114 Å². The van der Waals surface area contributed by atoms with Gasteiger partial charge in [-0.15, -0.1) is 0 Å². The summed E-state index contributed by atoms with van der Waals surface area (Å²) in [5.41, 5.74) is 1.09. The van der Waals surface area contributed by atoms with Gasteiger partial charge in [-0.2, -0.15) is 0 Å². The van der Waals surface area contributed by atoms with Crippen LogP contribution in [0, 0.1) is 11.6 Å². The molecule has 20 heavy (non-hydrogen) atoms. The maximum Gasteiger partial charge on any atom is 0.141 e. The summed E-state index contributed by atoms with van der Waals surface area (Å²) in [6, 6.07) is 5.15. The van der Waals surface area contributed by atoms with Gasteiger partial charge in [0.25, 0.3) is 0 Å². The quantitative estimate of drug-likeness (QED) is 0.531. The summed E-state index contributed by atoms with van der Waals surface area (Å²) in [6.07, 6.45) is 2.56. The van der Waals surface area contributed by atoms with Crippen LogP contribution in [0.3, 0.4) is 0 Å². The first-order valence-corrected chi connectivity index (χ1v) is 5.81. The highest BCUT2D eigenvalue weighted by atomic mass is 19.1. The van der Waals surface area contributed by atoms with Crippen molar-refractivity contribution in [1.82, 2.24) is 4.98 Å². The molecule has 2 aromatic rings. The molecule has 0 saturated heterocycles. The normalized spacial score (nSPS) is 11.4. The van der Waals surface area contributed by atoms with Crippen LogP contribution in [0.2, 0.25) is 0 Å². The Balaban J connectivity index is 2.21. The third kappa shape index (κ3) is 3.28. The van der Waals surface area contributed by atoms with Gasteiger partial charge in [-0.25, -0.2) is 8.78 Å². The summed E-state index contributed by atoms with van der Waals surface area (Å²) < 4.78 is 31.7. The van der Waals surface area contributed by atoms with Crippen molar-refractivity contribution in [2.45, 2.75) is 13.5 Å². The number of pyridine rings is 1. The molecule has 2 rings (SSSR count). The number of oxime groups is 1. The van der Waals surface area contributed by atoms with Gasteiger partial charge >= 0.3 is 0 Å². The van der Waals surface area contributed by atoms with Crippen LogP contribution < -0.4 is 4.74 Å². The molecule has 1 heterocycles. The zero-order valence-electron chi connectivity index (χ0n) is 10.7. The predicted molar refractivity (Wildman–Crippen MR) is 68.9 cm³/mol. The third-order valence-electron chi connectivity index (χ3n) is 2.64. The molecule has 0 aliphatic rings. The lowest BCUT2D eigenvalue weighted by atomic mass is 10.1. The molecule has 0 fully saturated rings. The van der Waals surface area contributed by atoms with Crippen molar-refractivity contribution in [3.63, 3.8) is 0 Å². The number of hydrogen-bond donors (Lipinski definition) is 1. The lowest BCUT2D eigenvalue weighted by molar-refractivity contribution is 0.302. The number of hydrogen-bond acceptors (Lipinski definition) is 4. The average molecular weight is 278 g/mol. The smallest absolute Gasteiger partial charge is 0.141 e. The molecule has 0 aliphatic heterocycles. The molecule has 0 unspecified atom stereocenters. The van der Waals surface area contributed by atoms with Gasteiger partial charge < -0.3 is 9.94 Å². The summed E-state index contributed by atoms with van der Waals surface area (Å²) in [5.74, 6) is -0.590. The summed E-state index contributed by atoms with van der Waals surface area (Å²) in [7, 11) is 0. The van der Waals surface area contributed by atoms with E-state index in [-0.39, 0.29) is 12.3 Å².